The molecule has 1 amide bonds. The van der Waals surface area contributed by atoms with E-state index in [1.165, 1.54) is 24.6 Å². The molecule has 1 saturated carbocycles. The standard InChI is InChI=1S/C17H25N3O3S/c21-10-9-20-14-8-4-3-7-13(14)16(19-17(20)23)24-11-15(22)18-12-5-1-2-6-12/h12,21H,1-11H2,(H,18,22). The van der Waals surface area contributed by atoms with E-state index in [0.717, 1.165) is 49.8 Å². The molecule has 3 rings (SSSR count). The number of nitrogens with zero attached hydrogens (tertiary/aromatic N) is 2. The fourth-order valence-corrected chi connectivity index (χ4v) is 4.56. The lowest BCUT2D eigenvalue weighted by Gasteiger charge is -2.22. The van der Waals surface area contributed by atoms with Gasteiger partial charge in [-0.15, -0.1) is 0 Å². The molecule has 1 fully saturated rings. The Hall–Kier alpha value is -1.34. The molecule has 2 aliphatic rings. The topological polar surface area (TPSA) is 84.2 Å². The first-order valence-corrected chi connectivity index (χ1v) is 9.83. The van der Waals surface area contributed by atoms with Gasteiger partial charge in [-0.2, -0.15) is 4.98 Å². The Morgan fingerprint density at radius 3 is 2.75 bits per heavy atom. The number of hydrogen-bond acceptors (Lipinski definition) is 5. The summed E-state index contributed by atoms with van der Waals surface area (Å²) < 4.78 is 1.59. The first kappa shape index (κ1) is 17.5. The molecule has 0 saturated heterocycles. The Morgan fingerprint density at radius 2 is 2.00 bits per heavy atom. The van der Waals surface area contributed by atoms with Gasteiger partial charge in [-0.25, -0.2) is 4.79 Å². The Morgan fingerprint density at radius 1 is 1.25 bits per heavy atom. The third-order valence-electron chi connectivity index (χ3n) is 4.83. The molecule has 0 radical (unpaired) electrons. The maximum atomic E-state index is 12.3. The second kappa shape index (κ2) is 8.16. The molecule has 0 unspecified atom stereocenters. The molecule has 132 valence electrons. The zero-order valence-electron chi connectivity index (χ0n) is 13.9. The Kier molecular flexibility index (Phi) is 5.94. The molecule has 0 aromatic carbocycles. The number of amides is 1. The van der Waals surface area contributed by atoms with Gasteiger partial charge in [0.25, 0.3) is 0 Å². The Labute approximate surface area is 146 Å². The molecule has 0 bridgehead atoms. The first-order chi connectivity index (χ1) is 11.7. The van der Waals surface area contributed by atoms with Crippen LogP contribution in [0.3, 0.4) is 0 Å². The summed E-state index contributed by atoms with van der Waals surface area (Å²) in [6.07, 6.45) is 8.38. The summed E-state index contributed by atoms with van der Waals surface area (Å²) in [6.45, 7) is 0.228. The summed E-state index contributed by atoms with van der Waals surface area (Å²) in [5.41, 5.74) is 1.77. The van der Waals surface area contributed by atoms with Gasteiger partial charge in [0.15, 0.2) is 0 Å². The van der Waals surface area contributed by atoms with Crippen LogP contribution >= 0.6 is 11.8 Å². The molecule has 2 N–H and O–H groups in total. The predicted molar refractivity (Wildman–Crippen MR) is 93.3 cm³/mol. The maximum Gasteiger partial charge on any atom is 0.348 e. The van der Waals surface area contributed by atoms with Crippen LogP contribution in [0.4, 0.5) is 0 Å². The van der Waals surface area contributed by atoms with E-state index in [9.17, 15) is 14.7 Å². The number of aliphatic hydroxyl groups excluding tert-OH is 1. The molecule has 24 heavy (non-hydrogen) atoms. The summed E-state index contributed by atoms with van der Waals surface area (Å²) in [6, 6.07) is 0.317. The van der Waals surface area contributed by atoms with Gasteiger partial charge in [0, 0.05) is 17.3 Å². The minimum atomic E-state index is -0.316. The number of nitrogens with one attached hydrogen (secondary N) is 1. The van der Waals surface area contributed by atoms with Crippen molar-refractivity contribution in [2.24, 2.45) is 0 Å². The van der Waals surface area contributed by atoms with E-state index >= 15 is 0 Å². The lowest BCUT2D eigenvalue weighted by molar-refractivity contribution is -0.119. The van der Waals surface area contributed by atoms with Gasteiger partial charge in [0.1, 0.15) is 5.03 Å². The highest BCUT2D eigenvalue weighted by Gasteiger charge is 2.22. The van der Waals surface area contributed by atoms with Crippen molar-refractivity contribution >= 4 is 17.7 Å². The summed E-state index contributed by atoms with van der Waals surface area (Å²) >= 11 is 1.37. The number of hydrogen-bond donors (Lipinski definition) is 2. The van der Waals surface area contributed by atoms with E-state index in [1.54, 1.807) is 4.57 Å². The number of rotatable bonds is 6. The predicted octanol–water partition coefficient (Wildman–Crippen LogP) is 1.27. The van der Waals surface area contributed by atoms with Gasteiger partial charge in [-0.1, -0.05) is 24.6 Å². The normalized spacial score (nSPS) is 17.7. The van der Waals surface area contributed by atoms with E-state index in [2.05, 4.69) is 10.3 Å². The van der Waals surface area contributed by atoms with E-state index < -0.39 is 0 Å². The summed E-state index contributed by atoms with van der Waals surface area (Å²) in [5.74, 6) is 0.331. The largest absolute Gasteiger partial charge is 0.395 e. The monoisotopic (exact) mass is 351 g/mol. The van der Waals surface area contributed by atoms with Crippen LogP contribution in [-0.4, -0.2) is 39.0 Å². The minimum absolute atomic E-state index is 0.0257. The van der Waals surface area contributed by atoms with E-state index in [0.29, 0.717) is 23.4 Å². The fraction of sp³-hybridized carbons (Fsp3) is 0.706. The van der Waals surface area contributed by atoms with Crippen molar-refractivity contribution in [3.05, 3.63) is 21.7 Å². The Balaban J connectivity index is 1.72. The fourth-order valence-electron chi connectivity index (χ4n) is 3.67. The molecule has 0 atom stereocenters. The zero-order chi connectivity index (χ0) is 16.9. The summed E-state index contributed by atoms with van der Waals surface area (Å²) in [7, 11) is 0. The van der Waals surface area contributed by atoms with Gasteiger partial charge >= 0.3 is 5.69 Å². The van der Waals surface area contributed by atoms with Crippen molar-refractivity contribution in [2.75, 3.05) is 12.4 Å². The van der Waals surface area contributed by atoms with Crippen LogP contribution in [0.1, 0.15) is 49.8 Å². The average Bonchev–Trinajstić information content (AvgIpc) is 3.09. The molecule has 1 aromatic heterocycles. The van der Waals surface area contributed by atoms with E-state index in [4.69, 9.17) is 0 Å². The highest BCUT2D eigenvalue weighted by molar-refractivity contribution is 7.99. The number of carbonyl (C=O) groups excluding carboxylic acids is 1. The van der Waals surface area contributed by atoms with Gasteiger partial charge < -0.3 is 10.4 Å². The third-order valence-corrected chi connectivity index (χ3v) is 5.85. The number of thioether (sulfide) groups is 1. The molecule has 0 aliphatic heterocycles. The minimum Gasteiger partial charge on any atom is -0.395 e. The summed E-state index contributed by atoms with van der Waals surface area (Å²) in [5, 5.41) is 13.0. The van der Waals surface area contributed by atoms with E-state index in [1.807, 2.05) is 0 Å². The molecule has 2 aliphatic carbocycles. The molecule has 1 heterocycles. The quantitative estimate of drug-likeness (QED) is 0.595. The van der Waals surface area contributed by atoms with Gasteiger partial charge in [0.2, 0.25) is 5.91 Å². The van der Waals surface area contributed by atoms with E-state index in [-0.39, 0.29) is 18.2 Å². The smallest absolute Gasteiger partial charge is 0.348 e. The van der Waals surface area contributed by atoms with Gasteiger partial charge in [0.05, 0.1) is 18.9 Å². The lowest BCUT2D eigenvalue weighted by Crippen LogP contribution is -2.34. The van der Waals surface area contributed by atoms with Crippen molar-refractivity contribution in [3.8, 4) is 0 Å². The van der Waals surface area contributed by atoms with Crippen LogP contribution in [-0.2, 0) is 24.2 Å². The summed E-state index contributed by atoms with van der Waals surface area (Å²) in [4.78, 5) is 28.6. The number of carbonyl (C=O) groups is 1. The van der Waals surface area contributed by atoms with Gasteiger partial charge in [-0.05, 0) is 38.5 Å². The SMILES string of the molecule is O=C(CSc1nc(=O)n(CCO)c2c1CCCC2)NC1CCCC1. The molecular weight excluding hydrogens is 326 g/mol. The second-order valence-electron chi connectivity index (χ2n) is 6.54. The lowest BCUT2D eigenvalue weighted by atomic mass is 9.97. The zero-order valence-corrected chi connectivity index (χ0v) is 14.7. The van der Waals surface area contributed by atoms with Crippen LogP contribution in [0.25, 0.3) is 0 Å². The van der Waals surface area contributed by atoms with Crippen LogP contribution in [0.5, 0.6) is 0 Å². The van der Waals surface area contributed by atoms with Crippen LogP contribution in [0.2, 0.25) is 0 Å². The van der Waals surface area contributed by atoms with Gasteiger partial charge in [-0.3, -0.25) is 9.36 Å². The van der Waals surface area contributed by atoms with Crippen molar-refractivity contribution in [1.82, 2.24) is 14.9 Å². The highest BCUT2D eigenvalue weighted by atomic mass is 32.2. The van der Waals surface area contributed by atoms with Crippen LogP contribution in [0.15, 0.2) is 9.82 Å². The van der Waals surface area contributed by atoms with Crippen molar-refractivity contribution in [1.29, 1.82) is 0 Å². The highest BCUT2D eigenvalue weighted by Crippen LogP contribution is 2.28. The van der Waals surface area contributed by atoms with Crippen LogP contribution in [0, 0.1) is 0 Å². The number of fused-ring (bicyclic) bond motifs is 1. The molecule has 6 nitrogen and oxygen atoms in total. The first-order valence-electron chi connectivity index (χ1n) is 8.84. The van der Waals surface area contributed by atoms with Crippen molar-refractivity contribution < 1.29 is 9.90 Å². The molecule has 7 heteroatoms. The number of aromatic nitrogens is 2. The molecule has 0 spiro atoms. The third kappa shape index (κ3) is 4.00. The second-order valence-corrected chi connectivity index (χ2v) is 7.51. The Bertz CT molecular complexity index is 653. The maximum absolute atomic E-state index is 12.3. The molecule has 1 aromatic rings. The van der Waals surface area contributed by atoms with Crippen LogP contribution < -0.4 is 11.0 Å². The van der Waals surface area contributed by atoms with Crippen molar-refractivity contribution in [2.45, 2.75) is 69.0 Å². The molecular formula is C17H25N3O3S. The van der Waals surface area contributed by atoms with Crippen molar-refractivity contribution in [3.63, 3.8) is 0 Å². The average molecular weight is 351 g/mol. The number of aliphatic hydroxyl groups is 1.